The number of thiazole rings is 1. The van der Waals surface area contributed by atoms with Gasteiger partial charge in [0, 0.05) is 35.0 Å². The third kappa shape index (κ3) is 4.82. The smallest absolute Gasteiger partial charge is 0.258 e. The zero-order valence-electron chi connectivity index (χ0n) is 16.2. The number of ether oxygens (including phenoxy) is 1. The van der Waals surface area contributed by atoms with Crippen LogP contribution in [0, 0.1) is 6.92 Å². The molecule has 0 unspecified atom stereocenters. The number of nitrogens with one attached hydrogen (secondary N) is 1. The molecular weight excluding hydrogens is 398 g/mol. The highest BCUT2D eigenvalue weighted by molar-refractivity contribution is 7.16. The summed E-state index contributed by atoms with van der Waals surface area (Å²) in [4.78, 5) is 30.5. The number of hydrogen-bond donors (Lipinski definition) is 1. The van der Waals surface area contributed by atoms with Crippen molar-refractivity contribution in [2.24, 2.45) is 0 Å². The highest BCUT2D eigenvalue weighted by Crippen LogP contribution is 2.19. The second-order valence-corrected chi connectivity index (χ2v) is 7.84. The van der Waals surface area contributed by atoms with Gasteiger partial charge in [0.1, 0.15) is 12.4 Å². The molecule has 0 aliphatic heterocycles. The topological polar surface area (TPSA) is 72.7 Å². The zero-order chi connectivity index (χ0) is 20.9. The Kier molecular flexibility index (Phi) is 5.72. The Hall–Kier alpha value is -3.71. The predicted octanol–water partition coefficient (Wildman–Crippen LogP) is 4.30. The molecule has 4 rings (SSSR count). The molecule has 0 aliphatic carbocycles. The van der Waals surface area contributed by atoms with Crippen molar-refractivity contribution in [1.82, 2.24) is 9.38 Å². The number of carbonyl (C=O) groups excluding carboxylic acids is 1. The van der Waals surface area contributed by atoms with Crippen molar-refractivity contribution in [3.63, 3.8) is 0 Å². The Morgan fingerprint density at radius 2 is 2.00 bits per heavy atom. The zero-order valence-corrected chi connectivity index (χ0v) is 17.1. The van der Waals surface area contributed by atoms with Crippen molar-refractivity contribution < 1.29 is 9.53 Å². The van der Waals surface area contributed by atoms with Crippen LogP contribution in [0.25, 0.3) is 11.0 Å². The predicted molar refractivity (Wildman–Crippen MR) is 119 cm³/mol. The van der Waals surface area contributed by atoms with Crippen molar-refractivity contribution >= 4 is 34.0 Å². The fraction of sp³-hybridized carbons (Fsp3) is 0.0870. The lowest BCUT2D eigenvalue weighted by atomic mass is 10.2. The van der Waals surface area contributed by atoms with E-state index in [-0.39, 0.29) is 18.1 Å². The van der Waals surface area contributed by atoms with Gasteiger partial charge in [0.15, 0.2) is 4.96 Å². The molecule has 0 spiro atoms. The number of fused-ring (bicyclic) bond motifs is 1. The number of benzene rings is 2. The van der Waals surface area contributed by atoms with E-state index in [0.29, 0.717) is 22.1 Å². The van der Waals surface area contributed by atoms with Gasteiger partial charge >= 0.3 is 0 Å². The highest BCUT2D eigenvalue weighted by Gasteiger charge is 2.07. The van der Waals surface area contributed by atoms with E-state index in [1.807, 2.05) is 37.3 Å². The van der Waals surface area contributed by atoms with E-state index in [1.165, 1.54) is 27.9 Å². The van der Waals surface area contributed by atoms with E-state index in [4.69, 9.17) is 4.74 Å². The van der Waals surface area contributed by atoms with Crippen LogP contribution < -0.4 is 15.6 Å². The molecule has 0 radical (unpaired) electrons. The summed E-state index contributed by atoms with van der Waals surface area (Å²) in [5.74, 6) is 0.341. The highest BCUT2D eigenvalue weighted by atomic mass is 32.1. The first-order valence-corrected chi connectivity index (χ1v) is 10.1. The van der Waals surface area contributed by atoms with Crippen molar-refractivity contribution in [1.29, 1.82) is 0 Å². The SMILES string of the molecule is Cc1cn2c(=O)cc(COc3cccc(NC(=O)C=Cc4ccccc4)c3)nc2s1. The minimum absolute atomic E-state index is 0.130. The van der Waals surface area contributed by atoms with E-state index in [2.05, 4.69) is 10.3 Å². The number of hydrogen-bond acceptors (Lipinski definition) is 5. The molecule has 2 aromatic heterocycles. The van der Waals surface area contributed by atoms with E-state index >= 15 is 0 Å². The first-order valence-electron chi connectivity index (χ1n) is 9.32. The van der Waals surface area contributed by atoms with Gasteiger partial charge in [-0.25, -0.2) is 4.98 Å². The van der Waals surface area contributed by atoms with Crippen LogP contribution in [0.1, 0.15) is 16.1 Å². The Morgan fingerprint density at radius 1 is 1.17 bits per heavy atom. The molecule has 4 aromatic rings. The molecular formula is C23H19N3O3S. The molecule has 1 amide bonds. The molecule has 7 heteroatoms. The second-order valence-electron chi connectivity index (χ2n) is 6.63. The van der Waals surface area contributed by atoms with Crippen LogP contribution in [0.4, 0.5) is 5.69 Å². The number of aromatic nitrogens is 2. The molecule has 6 nitrogen and oxygen atoms in total. The molecule has 0 saturated carbocycles. The van der Waals surface area contributed by atoms with E-state index in [1.54, 1.807) is 36.5 Å². The van der Waals surface area contributed by atoms with Crippen LogP contribution >= 0.6 is 11.3 Å². The number of rotatable bonds is 6. The molecule has 0 aliphatic rings. The van der Waals surface area contributed by atoms with Crippen LogP contribution in [0.2, 0.25) is 0 Å². The summed E-state index contributed by atoms with van der Waals surface area (Å²) in [5.41, 5.74) is 2.00. The van der Waals surface area contributed by atoms with Crippen LogP contribution in [0.3, 0.4) is 0 Å². The van der Waals surface area contributed by atoms with Crippen molar-refractivity contribution in [2.75, 3.05) is 5.32 Å². The minimum Gasteiger partial charge on any atom is -0.487 e. The maximum atomic E-state index is 12.2. The van der Waals surface area contributed by atoms with Crippen molar-refractivity contribution in [3.05, 3.63) is 99.4 Å². The first kappa shape index (κ1) is 19.6. The molecule has 2 heterocycles. The van der Waals surface area contributed by atoms with Gasteiger partial charge in [0.2, 0.25) is 5.91 Å². The van der Waals surface area contributed by atoms with Gasteiger partial charge < -0.3 is 10.1 Å². The van der Waals surface area contributed by atoms with E-state index in [9.17, 15) is 9.59 Å². The quantitative estimate of drug-likeness (QED) is 0.475. The van der Waals surface area contributed by atoms with Crippen molar-refractivity contribution in [2.45, 2.75) is 13.5 Å². The summed E-state index contributed by atoms with van der Waals surface area (Å²) in [6, 6.07) is 18.2. The van der Waals surface area contributed by atoms with Gasteiger partial charge in [-0.05, 0) is 30.7 Å². The second kappa shape index (κ2) is 8.75. The molecule has 2 aromatic carbocycles. The average molecular weight is 417 g/mol. The standard InChI is InChI=1S/C23H19N3O3S/c1-16-14-26-22(28)13-19(25-23(26)30-16)15-29-20-9-5-8-18(12-20)24-21(27)11-10-17-6-3-2-4-7-17/h2-14H,15H2,1H3,(H,24,27). The average Bonchev–Trinajstić information content (AvgIpc) is 3.13. The van der Waals surface area contributed by atoms with Gasteiger partial charge in [-0.2, -0.15) is 0 Å². The van der Waals surface area contributed by atoms with Crippen LogP contribution in [0.5, 0.6) is 5.75 Å². The number of amides is 1. The minimum atomic E-state index is -0.232. The Labute approximate surface area is 177 Å². The summed E-state index contributed by atoms with van der Waals surface area (Å²) in [7, 11) is 0. The fourth-order valence-corrected chi connectivity index (χ4v) is 3.72. The van der Waals surface area contributed by atoms with Crippen LogP contribution in [-0.4, -0.2) is 15.3 Å². The van der Waals surface area contributed by atoms with Gasteiger partial charge in [-0.15, -0.1) is 11.3 Å². The molecule has 0 saturated heterocycles. The monoisotopic (exact) mass is 417 g/mol. The molecule has 0 fully saturated rings. The summed E-state index contributed by atoms with van der Waals surface area (Å²) in [6.07, 6.45) is 5.01. The van der Waals surface area contributed by atoms with Gasteiger partial charge in [-0.1, -0.05) is 36.4 Å². The van der Waals surface area contributed by atoms with Crippen LogP contribution in [0.15, 0.2) is 77.7 Å². The number of carbonyl (C=O) groups is 1. The Balaban J connectivity index is 1.40. The van der Waals surface area contributed by atoms with Gasteiger partial charge in [0.05, 0.1) is 5.69 Å². The summed E-state index contributed by atoms with van der Waals surface area (Å²) in [5, 5.41) is 2.81. The summed E-state index contributed by atoms with van der Waals surface area (Å²) in [6.45, 7) is 2.10. The van der Waals surface area contributed by atoms with Crippen LogP contribution in [-0.2, 0) is 11.4 Å². The largest absolute Gasteiger partial charge is 0.487 e. The summed E-state index contributed by atoms with van der Waals surface area (Å²) >= 11 is 1.46. The summed E-state index contributed by atoms with van der Waals surface area (Å²) < 4.78 is 7.31. The number of aryl methyl sites for hydroxylation is 1. The normalized spacial score (nSPS) is 11.1. The van der Waals surface area contributed by atoms with Crippen molar-refractivity contribution in [3.8, 4) is 5.75 Å². The lowest BCUT2D eigenvalue weighted by Crippen LogP contribution is -2.14. The van der Waals surface area contributed by atoms with Gasteiger partial charge in [-0.3, -0.25) is 14.0 Å². The third-order valence-electron chi connectivity index (χ3n) is 4.25. The maximum absolute atomic E-state index is 12.2. The fourth-order valence-electron chi connectivity index (χ4n) is 2.87. The third-order valence-corrected chi connectivity index (χ3v) is 5.15. The van der Waals surface area contributed by atoms with Gasteiger partial charge in [0.25, 0.3) is 5.56 Å². The lowest BCUT2D eigenvalue weighted by Gasteiger charge is -2.08. The Bertz CT molecular complexity index is 1280. The molecule has 0 bridgehead atoms. The molecule has 30 heavy (non-hydrogen) atoms. The molecule has 0 atom stereocenters. The maximum Gasteiger partial charge on any atom is 0.258 e. The number of anilines is 1. The first-order chi connectivity index (χ1) is 14.6. The molecule has 1 N–H and O–H groups in total. The molecule has 150 valence electrons. The van der Waals surface area contributed by atoms with E-state index < -0.39 is 0 Å². The number of nitrogens with zero attached hydrogens (tertiary/aromatic N) is 2. The lowest BCUT2D eigenvalue weighted by molar-refractivity contribution is -0.111. The Morgan fingerprint density at radius 3 is 2.83 bits per heavy atom. The van der Waals surface area contributed by atoms with E-state index in [0.717, 1.165) is 10.4 Å².